The van der Waals surface area contributed by atoms with Gasteiger partial charge in [0.2, 0.25) is 0 Å². The zero-order chi connectivity index (χ0) is 11.5. The van der Waals surface area contributed by atoms with E-state index in [-0.39, 0.29) is 18.0 Å². The van der Waals surface area contributed by atoms with Gasteiger partial charge in [-0.1, -0.05) is 0 Å². The minimum Gasteiger partial charge on any atom is -0.497 e. The molecule has 1 aromatic rings. The number of ether oxygens (including phenoxy) is 2. The van der Waals surface area contributed by atoms with E-state index in [1.807, 2.05) is 20.8 Å². The molecule has 0 amide bonds. The van der Waals surface area contributed by atoms with Gasteiger partial charge >= 0.3 is 0 Å². The van der Waals surface area contributed by atoms with Gasteiger partial charge in [0.05, 0.1) is 19.3 Å². The maximum Gasteiger partial charge on any atom is 0.128 e. The fraction of sp³-hybridized carbons (Fsp3) is 0.500. The minimum atomic E-state index is -0.268. The molecule has 0 radical (unpaired) electrons. The third-order valence-corrected chi connectivity index (χ3v) is 1.91. The van der Waals surface area contributed by atoms with Crippen LogP contribution in [0.4, 0.5) is 4.39 Å². The predicted octanol–water partition coefficient (Wildman–Crippen LogP) is 3.15. The van der Waals surface area contributed by atoms with Gasteiger partial charge in [-0.2, -0.15) is 0 Å². The first kappa shape index (κ1) is 12.0. The average molecular weight is 212 g/mol. The third kappa shape index (κ3) is 3.88. The molecule has 84 valence electrons. The number of rotatable bonds is 3. The normalized spacial score (nSPS) is 11.5. The molecular formula is C12H17FO2. The van der Waals surface area contributed by atoms with Crippen LogP contribution < -0.4 is 4.74 Å². The molecule has 0 saturated carbocycles. The van der Waals surface area contributed by atoms with Crippen LogP contribution in [0.1, 0.15) is 26.3 Å². The number of benzene rings is 1. The lowest BCUT2D eigenvalue weighted by atomic mass is 10.1. The Morgan fingerprint density at radius 1 is 1.27 bits per heavy atom. The monoisotopic (exact) mass is 212 g/mol. The van der Waals surface area contributed by atoms with E-state index in [0.717, 1.165) is 0 Å². The lowest BCUT2D eigenvalue weighted by Crippen LogP contribution is -2.19. The molecule has 0 atom stereocenters. The molecule has 2 nitrogen and oxygen atoms in total. The van der Waals surface area contributed by atoms with Crippen LogP contribution in [0.15, 0.2) is 18.2 Å². The standard InChI is InChI=1S/C12H17FO2/c1-12(2,3)15-8-9-7-10(14-4)5-6-11(9)13/h5-7H,8H2,1-4H3. The van der Waals surface area contributed by atoms with Crippen molar-refractivity contribution in [1.82, 2.24) is 0 Å². The molecule has 0 aliphatic rings. The first-order chi connectivity index (χ1) is 6.92. The van der Waals surface area contributed by atoms with Crippen molar-refractivity contribution in [3.8, 4) is 5.75 Å². The lowest BCUT2D eigenvalue weighted by Gasteiger charge is -2.19. The van der Waals surface area contributed by atoms with E-state index >= 15 is 0 Å². The van der Waals surface area contributed by atoms with E-state index in [1.165, 1.54) is 6.07 Å². The third-order valence-electron chi connectivity index (χ3n) is 1.91. The van der Waals surface area contributed by atoms with Crippen molar-refractivity contribution in [2.75, 3.05) is 7.11 Å². The van der Waals surface area contributed by atoms with Gasteiger partial charge in [-0.15, -0.1) is 0 Å². The Labute approximate surface area is 90.0 Å². The fourth-order valence-electron chi connectivity index (χ4n) is 1.08. The van der Waals surface area contributed by atoms with Gasteiger partial charge in [0.1, 0.15) is 11.6 Å². The lowest BCUT2D eigenvalue weighted by molar-refractivity contribution is -0.0161. The van der Waals surface area contributed by atoms with Gasteiger partial charge < -0.3 is 9.47 Å². The van der Waals surface area contributed by atoms with Crippen LogP contribution >= 0.6 is 0 Å². The summed E-state index contributed by atoms with van der Waals surface area (Å²) in [5.74, 6) is 0.379. The Morgan fingerprint density at radius 2 is 1.93 bits per heavy atom. The highest BCUT2D eigenvalue weighted by Gasteiger charge is 2.12. The summed E-state index contributed by atoms with van der Waals surface area (Å²) in [7, 11) is 1.56. The molecule has 0 spiro atoms. The van der Waals surface area contributed by atoms with Crippen LogP contribution in [0.25, 0.3) is 0 Å². The topological polar surface area (TPSA) is 18.5 Å². The Kier molecular flexibility index (Phi) is 3.69. The SMILES string of the molecule is COc1ccc(F)c(COC(C)(C)C)c1. The first-order valence-electron chi connectivity index (χ1n) is 4.89. The summed E-state index contributed by atoms with van der Waals surface area (Å²) in [6.45, 7) is 6.06. The van der Waals surface area contributed by atoms with E-state index in [1.54, 1.807) is 19.2 Å². The van der Waals surface area contributed by atoms with Gasteiger partial charge in [-0.3, -0.25) is 0 Å². The van der Waals surface area contributed by atoms with Crippen molar-refractivity contribution >= 4 is 0 Å². The van der Waals surface area contributed by atoms with E-state index < -0.39 is 0 Å². The number of hydrogen-bond acceptors (Lipinski definition) is 2. The molecule has 0 unspecified atom stereocenters. The zero-order valence-electron chi connectivity index (χ0n) is 9.63. The summed E-state index contributed by atoms with van der Waals surface area (Å²) < 4.78 is 23.9. The zero-order valence-corrected chi connectivity index (χ0v) is 9.63. The molecule has 0 bridgehead atoms. The number of hydrogen-bond donors (Lipinski definition) is 0. The Hall–Kier alpha value is -1.09. The Balaban J connectivity index is 2.75. The highest BCUT2D eigenvalue weighted by atomic mass is 19.1. The molecule has 0 heterocycles. The van der Waals surface area contributed by atoms with E-state index in [4.69, 9.17) is 9.47 Å². The minimum absolute atomic E-state index is 0.256. The second-order valence-corrected chi connectivity index (χ2v) is 4.36. The molecule has 0 aliphatic carbocycles. The maximum atomic E-state index is 13.3. The highest BCUT2D eigenvalue weighted by Crippen LogP contribution is 2.19. The molecule has 1 aromatic carbocycles. The summed E-state index contributed by atoms with van der Waals surface area (Å²) in [5, 5.41) is 0. The summed E-state index contributed by atoms with van der Waals surface area (Å²) in [6.07, 6.45) is 0. The van der Waals surface area contributed by atoms with Gasteiger partial charge in [0, 0.05) is 5.56 Å². The number of halogens is 1. The van der Waals surface area contributed by atoms with Gasteiger partial charge in [0.15, 0.2) is 0 Å². The summed E-state index contributed by atoms with van der Waals surface area (Å²) in [6, 6.07) is 4.64. The molecule has 0 saturated heterocycles. The van der Waals surface area contributed by atoms with Crippen LogP contribution in [0, 0.1) is 5.82 Å². The van der Waals surface area contributed by atoms with Gasteiger partial charge in [-0.05, 0) is 39.0 Å². The quantitative estimate of drug-likeness (QED) is 0.766. The van der Waals surface area contributed by atoms with Crippen molar-refractivity contribution in [3.63, 3.8) is 0 Å². The van der Waals surface area contributed by atoms with Gasteiger partial charge in [-0.25, -0.2) is 4.39 Å². The van der Waals surface area contributed by atoms with Crippen LogP contribution in [0.5, 0.6) is 5.75 Å². The molecule has 1 rings (SSSR count). The predicted molar refractivity (Wildman–Crippen MR) is 57.5 cm³/mol. The molecule has 15 heavy (non-hydrogen) atoms. The van der Waals surface area contributed by atoms with Crippen molar-refractivity contribution in [1.29, 1.82) is 0 Å². The summed E-state index contributed by atoms with van der Waals surface area (Å²) in [4.78, 5) is 0. The van der Waals surface area contributed by atoms with Crippen molar-refractivity contribution < 1.29 is 13.9 Å². The molecule has 0 fully saturated rings. The van der Waals surface area contributed by atoms with Crippen LogP contribution in [0.2, 0.25) is 0 Å². The van der Waals surface area contributed by atoms with E-state index in [9.17, 15) is 4.39 Å². The second-order valence-electron chi connectivity index (χ2n) is 4.36. The first-order valence-corrected chi connectivity index (χ1v) is 4.89. The Bertz CT molecular complexity index is 329. The summed E-state index contributed by atoms with van der Waals surface area (Å²) in [5.41, 5.74) is 0.250. The second kappa shape index (κ2) is 4.62. The van der Waals surface area contributed by atoms with Crippen molar-refractivity contribution in [2.45, 2.75) is 33.0 Å². The molecular weight excluding hydrogens is 195 g/mol. The maximum absolute atomic E-state index is 13.3. The fourth-order valence-corrected chi connectivity index (χ4v) is 1.08. The molecule has 0 aliphatic heterocycles. The van der Waals surface area contributed by atoms with E-state index in [0.29, 0.717) is 11.3 Å². The molecule has 0 N–H and O–H groups in total. The number of methoxy groups -OCH3 is 1. The van der Waals surface area contributed by atoms with Crippen molar-refractivity contribution in [2.24, 2.45) is 0 Å². The smallest absolute Gasteiger partial charge is 0.128 e. The van der Waals surface area contributed by atoms with Crippen LogP contribution in [0.3, 0.4) is 0 Å². The van der Waals surface area contributed by atoms with E-state index in [2.05, 4.69) is 0 Å². The Morgan fingerprint density at radius 3 is 2.47 bits per heavy atom. The largest absolute Gasteiger partial charge is 0.497 e. The average Bonchev–Trinajstić information content (AvgIpc) is 2.15. The molecule has 3 heteroatoms. The van der Waals surface area contributed by atoms with Crippen molar-refractivity contribution in [3.05, 3.63) is 29.6 Å². The summed E-state index contributed by atoms with van der Waals surface area (Å²) >= 11 is 0. The molecule has 0 aromatic heterocycles. The highest BCUT2D eigenvalue weighted by molar-refractivity contribution is 5.29. The van der Waals surface area contributed by atoms with Gasteiger partial charge in [0.25, 0.3) is 0 Å². The van der Waals surface area contributed by atoms with Crippen LogP contribution in [-0.4, -0.2) is 12.7 Å². The van der Waals surface area contributed by atoms with Crippen LogP contribution in [-0.2, 0) is 11.3 Å².